The van der Waals surface area contributed by atoms with Gasteiger partial charge in [0, 0.05) is 37.3 Å². The molecule has 0 atom stereocenters. The monoisotopic (exact) mass is 404 g/mol. The van der Waals surface area contributed by atoms with Gasteiger partial charge in [-0.1, -0.05) is 41.5 Å². The van der Waals surface area contributed by atoms with E-state index in [0.717, 1.165) is 17.9 Å². The molecule has 0 aliphatic rings. The van der Waals surface area contributed by atoms with E-state index >= 15 is 0 Å². The van der Waals surface area contributed by atoms with Gasteiger partial charge in [-0.05, 0) is 17.6 Å². The lowest BCUT2D eigenvalue weighted by Gasteiger charge is -2.17. The molecule has 0 unspecified atom stereocenters. The predicted molar refractivity (Wildman–Crippen MR) is 113 cm³/mol. The molecule has 0 saturated carbocycles. The number of carbonyl (C=O) groups excluding carboxylic acids is 2. The molecule has 27 heavy (non-hydrogen) atoms. The van der Waals surface area contributed by atoms with Crippen LogP contribution in [0.2, 0.25) is 0 Å². The third-order valence-corrected chi connectivity index (χ3v) is 4.94. The van der Waals surface area contributed by atoms with Crippen molar-refractivity contribution in [2.75, 3.05) is 51.0 Å². The zero-order valence-corrected chi connectivity index (χ0v) is 18.9. The number of rotatable bonds is 14. The van der Waals surface area contributed by atoms with Crippen LogP contribution < -0.4 is 10.6 Å². The minimum absolute atomic E-state index is 0.0562. The highest BCUT2D eigenvalue weighted by Crippen LogP contribution is 2.20. The third kappa shape index (κ3) is 18.3. The maximum Gasteiger partial charge on any atom is 0.225 e. The smallest absolute Gasteiger partial charge is 0.225 e. The number of carbonyl (C=O) groups is 2. The highest BCUT2D eigenvalue weighted by Gasteiger charge is 2.20. The van der Waals surface area contributed by atoms with E-state index in [1.54, 1.807) is 0 Å². The van der Waals surface area contributed by atoms with Crippen LogP contribution in [0.4, 0.5) is 0 Å². The number of hydrogen-bond acceptors (Lipinski definition) is 5. The van der Waals surface area contributed by atoms with Crippen molar-refractivity contribution in [2.45, 2.75) is 54.4 Å². The second-order valence-corrected chi connectivity index (χ2v) is 9.90. The van der Waals surface area contributed by atoms with Crippen molar-refractivity contribution in [1.82, 2.24) is 10.6 Å². The Morgan fingerprint density at radius 2 is 1.48 bits per heavy atom. The minimum Gasteiger partial charge on any atom is -0.379 e. The number of nitrogens with one attached hydrogen (secondary N) is 2. The molecule has 0 fully saturated rings. The number of thioether (sulfide) groups is 1. The molecule has 2 amide bonds. The Kier molecular flexibility index (Phi) is 13.8. The van der Waals surface area contributed by atoms with Crippen LogP contribution >= 0.6 is 11.8 Å². The van der Waals surface area contributed by atoms with Gasteiger partial charge in [-0.2, -0.15) is 11.8 Å². The summed E-state index contributed by atoms with van der Waals surface area (Å²) in [7, 11) is 0. The minimum atomic E-state index is -0.352. The van der Waals surface area contributed by atoms with E-state index in [2.05, 4.69) is 31.4 Å². The molecular weight excluding hydrogens is 364 g/mol. The van der Waals surface area contributed by atoms with E-state index in [-0.39, 0.29) is 17.2 Å². The average molecular weight is 405 g/mol. The molecule has 6 nitrogen and oxygen atoms in total. The Morgan fingerprint density at radius 1 is 0.852 bits per heavy atom. The molecule has 0 rings (SSSR count). The normalized spacial score (nSPS) is 12.1. The topological polar surface area (TPSA) is 76.7 Å². The number of amides is 2. The van der Waals surface area contributed by atoms with Crippen LogP contribution in [0, 0.1) is 10.8 Å². The van der Waals surface area contributed by atoms with Gasteiger partial charge >= 0.3 is 0 Å². The molecule has 0 aromatic heterocycles. The first kappa shape index (κ1) is 26.2. The SMILES string of the molecule is CC(C)(C)CSCCC(=O)NCCOCCOCCCNC(=O)C(C)(C)C. The molecule has 0 saturated heterocycles. The lowest BCUT2D eigenvalue weighted by Crippen LogP contribution is -2.35. The van der Waals surface area contributed by atoms with Gasteiger partial charge in [-0.3, -0.25) is 9.59 Å². The third-order valence-electron chi connectivity index (χ3n) is 3.38. The number of ether oxygens (including phenoxy) is 2. The summed E-state index contributed by atoms with van der Waals surface area (Å²) in [6, 6.07) is 0. The predicted octanol–water partition coefficient (Wildman–Crippen LogP) is 2.86. The first-order valence-corrected chi connectivity index (χ1v) is 11.0. The van der Waals surface area contributed by atoms with Crippen LogP contribution in [0.25, 0.3) is 0 Å². The first-order valence-electron chi connectivity index (χ1n) is 9.80. The molecule has 0 aromatic rings. The van der Waals surface area contributed by atoms with Crippen molar-refractivity contribution in [3.63, 3.8) is 0 Å². The molecule has 160 valence electrons. The van der Waals surface area contributed by atoms with Crippen LogP contribution in [0.5, 0.6) is 0 Å². The summed E-state index contributed by atoms with van der Waals surface area (Å²) >= 11 is 1.82. The fraction of sp³-hybridized carbons (Fsp3) is 0.900. The van der Waals surface area contributed by atoms with E-state index in [4.69, 9.17) is 9.47 Å². The van der Waals surface area contributed by atoms with Gasteiger partial charge in [-0.15, -0.1) is 0 Å². The summed E-state index contributed by atoms with van der Waals surface area (Å²) in [5.74, 6) is 2.05. The maximum absolute atomic E-state index is 11.7. The van der Waals surface area contributed by atoms with E-state index in [0.29, 0.717) is 51.4 Å². The molecule has 0 bridgehead atoms. The van der Waals surface area contributed by atoms with Gasteiger partial charge in [-0.25, -0.2) is 0 Å². The fourth-order valence-electron chi connectivity index (χ4n) is 1.86. The van der Waals surface area contributed by atoms with Gasteiger partial charge in [0.25, 0.3) is 0 Å². The largest absolute Gasteiger partial charge is 0.379 e. The van der Waals surface area contributed by atoms with E-state index in [9.17, 15) is 9.59 Å². The summed E-state index contributed by atoms with van der Waals surface area (Å²) in [6.07, 6.45) is 1.33. The van der Waals surface area contributed by atoms with Crippen LogP contribution in [-0.4, -0.2) is 62.8 Å². The van der Waals surface area contributed by atoms with Crippen molar-refractivity contribution < 1.29 is 19.1 Å². The van der Waals surface area contributed by atoms with Crippen molar-refractivity contribution in [2.24, 2.45) is 10.8 Å². The second kappa shape index (κ2) is 14.2. The van der Waals surface area contributed by atoms with Gasteiger partial charge in [0.2, 0.25) is 11.8 Å². The Labute approximate surface area is 169 Å². The van der Waals surface area contributed by atoms with E-state index < -0.39 is 0 Å². The molecule has 0 aliphatic heterocycles. The van der Waals surface area contributed by atoms with Crippen molar-refractivity contribution >= 4 is 23.6 Å². The Morgan fingerprint density at radius 3 is 2.07 bits per heavy atom. The van der Waals surface area contributed by atoms with Crippen LogP contribution in [0.1, 0.15) is 54.4 Å². The molecular formula is C20H40N2O4S. The van der Waals surface area contributed by atoms with Crippen molar-refractivity contribution in [3.8, 4) is 0 Å². The molecule has 0 heterocycles. The second-order valence-electron chi connectivity index (χ2n) is 8.80. The molecule has 7 heteroatoms. The highest BCUT2D eigenvalue weighted by atomic mass is 32.2. The lowest BCUT2D eigenvalue weighted by atomic mass is 9.96. The quantitative estimate of drug-likeness (QED) is 0.435. The summed E-state index contributed by atoms with van der Waals surface area (Å²) < 4.78 is 10.9. The summed E-state index contributed by atoms with van der Waals surface area (Å²) in [5.41, 5.74) is -0.0488. The molecule has 0 radical (unpaired) electrons. The Bertz CT molecular complexity index is 417. The summed E-state index contributed by atoms with van der Waals surface area (Å²) in [6.45, 7) is 15.5. The highest BCUT2D eigenvalue weighted by molar-refractivity contribution is 7.99. The van der Waals surface area contributed by atoms with Gasteiger partial charge in [0.05, 0.1) is 19.8 Å². The molecule has 0 spiro atoms. The summed E-state index contributed by atoms with van der Waals surface area (Å²) in [5, 5.41) is 5.75. The van der Waals surface area contributed by atoms with Crippen LogP contribution in [0.3, 0.4) is 0 Å². The standard InChI is InChI=1S/C20H40N2O4S/c1-19(2,3)16-27-15-8-17(23)21-10-12-26-14-13-25-11-7-9-22-18(24)20(4,5)6/h7-16H2,1-6H3,(H,21,23)(H,22,24). The Hall–Kier alpha value is -0.790. The average Bonchev–Trinajstić information content (AvgIpc) is 2.54. The summed E-state index contributed by atoms with van der Waals surface area (Å²) in [4.78, 5) is 23.3. The molecule has 2 N–H and O–H groups in total. The fourth-order valence-corrected chi connectivity index (χ4v) is 2.94. The number of hydrogen-bond donors (Lipinski definition) is 2. The maximum atomic E-state index is 11.7. The van der Waals surface area contributed by atoms with E-state index in [1.165, 1.54) is 0 Å². The zero-order valence-electron chi connectivity index (χ0n) is 18.1. The van der Waals surface area contributed by atoms with Crippen molar-refractivity contribution in [1.29, 1.82) is 0 Å². The van der Waals surface area contributed by atoms with Gasteiger partial charge < -0.3 is 20.1 Å². The van der Waals surface area contributed by atoms with Gasteiger partial charge in [0.15, 0.2) is 0 Å². The zero-order chi connectivity index (χ0) is 20.8. The van der Waals surface area contributed by atoms with E-state index in [1.807, 2.05) is 32.5 Å². The first-order chi connectivity index (χ1) is 12.5. The molecule has 0 aliphatic carbocycles. The van der Waals surface area contributed by atoms with Crippen LogP contribution in [-0.2, 0) is 19.1 Å². The van der Waals surface area contributed by atoms with Crippen LogP contribution in [0.15, 0.2) is 0 Å². The van der Waals surface area contributed by atoms with Gasteiger partial charge in [0.1, 0.15) is 0 Å². The Balaban J connectivity index is 3.33. The molecule has 0 aromatic carbocycles. The lowest BCUT2D eigenvalue weighted by molar-refractivity contribution is -0.128. The van der Waals surface area contributed by atoms with Crippen molar-refractivity contribution in [3.05, 3.63) is 0 Å².